The first-order valence-electron chi connectivity index (χ1n) is 6.96. The maximum Gasteiger partial charge on any atom is 0.0480 e. The van der Waals surface area contributed by atoms with Crippen LogP contribution in [0.4, 0.5) is 0 Å². The van der Waals surface area contributed by atoms with Gasteiger partial charge in [0.1, 0.15) is 0 Å². The van der Waals surface area contributed by atoms with Crippen LogP contribution in [0.25, 0.3) is 10.9 Å². The minimum absolute atomic E-state index is 0.598. The number of aromatic nitrogens is 1. The van der Waals surface area contributed by atoms with Gasteiger partial charge in [0.2, 0.25) is 0 Å². The van der Waals surface area contributed by atoms with Crippen LogP contribution in [0.15, 0.2) is 30.5 Å². The van der Waals surface area contributed by atoms with E-state index >= 15 is 0 Å². The number of hydrogen-bond donors (Lipinski definition) is 1. The highest BCUT2D eigenvalue weighted by molar-refractivity contribution is 5.80. The summed E-state index contributed by atoms with van der Waals surface area (Å²) in [5.74, 6) is 0. The summed E-state index contributed by atoms with van der Waals surface area (Å²) in [5.41, 5.74) is 2.69. The van der Waals surface area contributed by atoms with E-state index in [0.29, 0.717) is 6.04 Å². The van der Waals surface area contributed by atoms with Crippen LogP contribution in [-0.4, -0.2) is 17.2 Å². The van der Waals surface area contributed by atoms with Gasteiger partial charge in [-0.15, -0.1) is 0 Å². The molecule has 18 heavy (non-hydrogen) atoms. The monoisotopic (exact) mass is 244 g/mol. The number of unbranched alkanes of at least 4 members (excludes halogenated alkanes) is 1. The van der Waals surface area contributed by atoms with E-state index in [0.717, 1.165) is 13.1 Å². The summed E-state index contributed by atoms with van der Waals surface area (Å²) < 4.78 is 2.37. The number of benzene rings is 1. The molecule has 0 saturated carbocycles. The van der Waals surface area contributed by atoms with Gasteiger partial charge in [-0.05, 0) is 49.9 Å². The minimum Gasteiger partial charge on any atom is -0.347 e. The second-order valence-corrected chi connectivity index (χ2v) is 5.39. The molecule has 0 aliphatic carbocycles. The SMILES string of the molecule is Cc1ccc2c(ccn2CCCCNC(C)C)c1. The highest BCUT2D eigenvalue weighted by Gasteiger charge is 2.00. The molecule has 0 bridgehead atoms. The molecular weight excluding hydrogens is 220 g/mol. The molecule has 0 radical (unpaired) electrons. The molecule has 0 aliphatic rings. The lowest BCUT2D eigenvalue weighted by molar-refractivity contribution is 0.535. The van der Waals surface area contributed by atoms with E-state index in [1.165, 1.54) is 29.3 Å². The molecule has 2 rings (SSSR count). The van der Waals surface area contributed by atoms with Gasteiger partial charge in [0, 0.05) is 24.3 Å². The Hall–Kier alpha value is -1.28. The van der Waals surface area contributed by atoms with Crippen molar-refractivity contribution < 1.29 is 0 Å². The molecule has 1 aromatic heterocycles. The zero-order valence-electron chi connectivity index (χ0n) is 11.7. The molecule has 0 atom stereocenters. The molecule has 2 aromatic rings. The molecule has 0 amide bonds. The second-order valence-electron chi connectivity index (χ2n) is 5.39. The Bertz CT molecular complexity index is 497. The Morgan fingerprint density at radius 2 is 2.00 bits per heavy atom. The van der Waals surface area contributed by atoms with Crippen molar-refractivity contribution in [1.29, 1.82) is 0 Å². The van der Waals surface area contributed by atoms with Crippen molar-refractivity contribution in [3.8, 4) is 0 Å². The van der Waals surface area contributed by atoms with Crippen LogP contribution in [0.2, 0.25) is 0 Å². The van der Waals surface area contributed by atoms with E-state index in [1.54, 1.807) is 0 Å². The van der Waals surface area contributed by atoms with Crippen molar-refractivity contribution in [2.45, 2.75) is 46.2 Å². The highest BCUT2D eigenvalue weighted by Crippen LogP contribution is 2.17. The standard InChI is InChI=1S/C16H24N2/c1-13(2)17-9-4-5-10-18-11-8-15-12-14(3)6-7-16(15)18/h6-8,11-13,17H,4-5,9-10H2,1-3H3. The molecule has 0 unspecified atom stereocenters. The molecule has 98 valence electrons. The molecule has 2 nitrogen and oxygen atoms in total. The lowest BCUT2D eigenvalue weighted by Gasteiger charge is -2.09. The average molecular weight is 244 g/mol. The Balaban J connectivity index is 1.88. The number of aryl methyl sites for hydroxylation is 2. The molecule has 0 fully saturated rings. The number of nitrogens with zero attached hydrogens (tertiary/aromatic N) is 1. The van der Waals surface area contributed by atoms with Crippen molar-refractivity contribution in [2.24, 2.45) is 0 Å². The number of nitrogens with one attached hydrogen (secondary N) is 1. The Morgan fingerprint density at radius 3 is 2.78 bits per heavy atom. The van der Waals surface area contributed by atoms with Gasteiger partial charge < -0.3 is 9.88 Å². The molecule has 0 saturated heterocycles. The summed E-state index contributed by atoms with van der Waals surface area (Å²) >= 11 is 0. The first kappa shape index (κ1) is 13.2. The largest absolute Gasteiger partial charge is 0.347 e. The fraction of sp³-hybridized carbons (Fsp3) is 0.500. The smallest absolute Gasteiger partial charge is 0.0480 e. The van der Waals surface area contributed by atoms with Gasteiger partial charge in [-0.2, -0.15) is 0 Å². The number of fused-ring (bicyclic) bond motifs is 1. The fourth-order valence-corrected chi connectivity index (χ4v) is 2.31. The van der Waals surface area contributed by atoms with Crippen molar-refractivity contribution in [2.75, 3.05) is 6.54 Å². The van der Waals surface area contributed by atoms with Crippen molar-refractivity contribution in [3.05, 3.63) is 36.0 Å². The lowest BCUT2D eigenvalue weighted by atomic mass is 10.2. The van der Waals surface area contributed by atoms with E-state index in [9.17, 15) is 0 Å². The third kappa shape index (κ3) is 3.36. The van der Waals surface area contributed by atoms with Crippen molar-refractivity contribution >= 4 is 10.9 Å². The van der Waals surface area contributed by atoms with Crippen LogP contribution in [0.5, 0.6) is 0 Å². The molecule has 1 aromatic carbocycles. The first-order valence-corrected chi connectivity index (χ1v) is 6.96. The number of hydrogen-bond acceptors (Lipinski definition) is 1. The summed E-state index contributed by atoms with van der Waals surface area (Å²) in [4.78, 5) is 0. The third-order valence-electron chi connectivity index (χ3n) is 3.30. The summed E-state index contributed by atoms with van der Waals surface area (Å²) in [6.45, 7) is 8.78. The van der Waals surface area contributed by atoms with Crippen molar-refractivity contribution in [1.82, 2.24) is 9.88 Å². The van der Waals surface area contributed by atoms with Crippen LogP contribution in [-0.2, 0) is 6.54 Å². The van der Waals surface area contributed by atoms with E-state index < -0.39 is 0 Å². The van der Waals surface area contributed by atoms with Crippen LogP contribution >= 0.6 is 0 Å². The third-order valence-corrected chi connectivity index (χ3v) is 3.30. The van der Waals surface area contributed by atoms with Crippen LogP contribution in [0, 0.1) is 6.92 Å². The predicted octanol–water partition coefficient (Wildman–Crippen LogP) is 3.73. The summed E-state index contributed by atoms with van der Waals surface area (Å²) in [7, 11) is 0. The fourth-order valence-electron chi connectivity index (χ4n) is 2.31. The Morgan fingerprint density at radius 1 is 1.17 bits per heavy atom. The maximum absolute atomic E-state index is 3.46. The van der Waals surface area contributed by atoms with E-state index in [1.807, 2.05) is 0 Å². The van der Waals surface area contributed by atoms with Crippen molar-refractivity contribution in [3.63, 3.8) is 0 Å². The summed E-state index contributed by atoms with van der Waals surface area (Å²) in [5, 5.41) is 4.82. The van der Waals surface area contributed by atoms with Gasteiger partial charge in [0.15, 0.2) is 0 Å². The normalized spacial score (nSPS) is 11.6. The van der Waals surface area contributed by atoms with E-state index in [2.05, 4.69) is 61.1 Å². The van der Waals surface area contributed by atoms with Crippen LogP contribution < -0.4 is 5.32 Å². The minimum atomic E-state index is 0.598. The zero-order chi connectivity index (χ0) is 13.0. The summed E-state index contributed by atoms with van der Waals surface area (Å²) in [6.07, 6.45) is 4.68. The molecule has 2 heteroatoms. The Labute approximate surface area is 110 Å². The van der Waals surface area contributed by atoms with Crippen LogP contribution in [0.1, 0.15) is 32.3 Å². The lowest BCUT2D eigenvalue weighted by Crippen LogP contribution is -2.23. The molecule has 1 N–H and O–H groups in total. The van der Waals surface area contributed by atoms with Gasteiger partial charge in [-0.25, -0.2) is 0 Å². The maximum atomic E-state index is 3.46. The molecular formula is C16H24N2. The highest BCUT2D eigenvalue weighted by atomic mass is 14.9. The van der Waals surface area contributed by atoms with Crippen LogP contribution in [0.3, 0.4) is 0 Å². The topological polar surface area (TPSA) is 17.0 Å². The second kappa shape index (κ2) is 6.05. The first-order chi connectivity index (χ1) is 8.66. The van der Waals surface area contributed by atoms with E-state index in [4.69, 9.17) is 0 Å². The molecule has 0 spiro atoms. The van der Waals surface area contributed by atoms with Gasteiger partial charge in [0.25, 0.3) is 0 Å². The van der Waals surface area contributed by atoms with Gasteiger partial charge in [0.05, 0.1) is 0 Å². The zero-order valence-corrected chi connectivity index (χ0v) is 11.7. The molecule has 1 heterocycles. The Kier molecular flexibility index (Phi) is 4.43. The van der Waals surface area contributed by atoms with E-state index in [-0.39, 0.29) is 0 Å². The summed E-state index contributed by atoms with van der Waals surface area (Å²) in [6, 6.07) is 9.50. The van der Waals surface area contributed by atoms with Gasteiger partial charge in [-0.1, -0.05) is 25.5 Å². The average Bonchev–Trinajstić information content (AvgIpc) is 2.70. The number of rotatable bonds is 6. The molecule has 0 aliphatic heterocycles. The van der Waals surface area contributed by atoms with Gasteiger partial charge in [-0.3, -0.25) is 0 Å². The quantitative estimate of drug-likeness (QED) is 0.766. The van der Waals surface area contributed by atoms with Gasteiger partial charge >= 0.3 is 0 Å². The predicted molar refractivity (Wildman–Crippen MR) is 79.0 cm³/mol.